The van der Waals surface area contributed by atoms with Gasteiger partial charge in [-0.1, -0.05) is 59.8 Å². The van der Waals surface area contributed by atoms with E-state index < -0.39 is 11.2 Å². The van der Waals surface area contributed by atoms with E-state index in [1.54, 1.807) is 10.9 Å². The summed E-state index contributed by atoms with van der Waals surface area (Å²) in [6, 6.07) is 17.0. The standard InChI is InChI=1S/C23H23N7O3S/c1-15-8-10-17(11-9-15)30-14-25-27-23(30)34-13-18(31)28(2)19-20(24)29(22(33)26-21(19)32)12-16-6-4-3-5-7-16/h3-11,14H,12-13,24H2,1-2H3,(H,26,32,33). The van der Waals surface area contributed by atoms with Crippen LogP contribution in [-0.2, 0) is 11.3 Å². The Morgan fingerprint density at radius 3 is 2.53 bits per heavy atom. The smallest absolute Gasteiger partial charge is 0.330 e. The summed E-state index contributed by atoms with van der Waals surface area (Å²) in [5.41, 5.74) is 7.56. The molecule has 0 saturated heterocycles. The first-order chi connectivity index (χ1) is 16.3. The summed E-state index contributed by atoms with van der Waals surface area (Å²) in [6.45, 7) is 2.15. The summed E-state index contributed by atoms with van der Waals surface area (Å²) < 4.78 is 3.01. The molecule has 174 valence electrons. The van der Waals surface area contributed by atoms with Crippen LogP contribution in [0.1, 0.15) is 11.1 Å². The number of hydrogen-bond acceptors (Lipinski definition) is 7. The third-order valence-electron chi connectivity index (χ3n) is 5.26. The van der Waals surface area contributed by atoms with Gasteiger partial charge in [0, 0.05) is 12.7 Å². The molecule has 2 aromatic heterocycles. The van der Waals surface area contributed by atoms with Crippen LogP contribution in [0.2, 0.25) is 0 Å². The van der Waals surface area contributed by atoms with Gasteiger partial charge in [-0.3, -0.25) is 23.7 Å². The highest BCUT2D eigenvalue weighted by molar-refractivity contribution is 7.99. The molecule has 3 N–H and O–H groups in total. The van der Waals surface area contributed by atoms with Gasteiger partial charge in [-0.15, -0.1) is 10.2 Å². The minimum atomic E-state index is -0.726. The van der Waals surface area contributed by atoms with Crippen molar-refractivity contribution in [2.45, 2.75) is 18.6 Å². The topological polar surface area (TPSA) is 132 Å². The molecule has 4 rings (SSSR count). The molecular formula is C23H23N7O3S. The number of nitrogens with one attached hydrogen (secondary N) is 1. The molecular weight excluding hydrogens is 454 g/mol. The lowest BCUT2D eigenvalue weighted by Gasteiger charge is -2.20. The first-order valence-corrected chi connectivity index (χ1v) is 11.4. The van der Waals surface area contributed by atoms with Gasteiger partial charge in [-0.25, -0.2) is 4.79 Å². The second-order valence-electron chi connectivity index (χ2n) is 7.63. The molecule has 0 aliphatic heterocycles. The molecule has 10 nitrogen and oxygen atoms in total. The van der Waals surface area contributed by atoms with Crippen molar-refractivity contribution in [3.8, 4) is 5.69 Å². The number of amides is 1. The van der Waals surface area contributed by atoms with Gasteiger partial charge >= 0.3 is 5.69 Å². The number of thioether (sulfide) groups is 1. The second kappa shape index (κ2) is 9.79. The number of nitrogens with two attached hydrogens (primary N) is 1. The number of aryl methyl sites for hydroxylation is 1. The predicted molar refractivity (Wildman–Crippen MR) is 132 cm³/mol. The van der Waals surface area contributed by atoms with Crippen molar-refractivity contribution in [2.75, 3.05) is 23.4 Å². The normalized spacial score (nSPS) is 10.9. The molecule has 0 fully saturated rings. The van der Waals surface area contributed by atoms with Gasteiger partial charge in [0.25, 0.3) is 5.56 Å². The predicted octanol–water partition coefficient (Wildman–Crippen LogP) is 1.81. The maximum Gasteiger partial charge on any atom is 0.330 e. The monoisotopic (exact) mass is 477 g/mol. The Bertz CT molecular complexity index is 1430. The average molecular weight is 478 g/mol. The van der Waals surface area contributed by atoms with Crippen molar-refractivity contribution in [1.29, 1.82) is 0 Å². The molecule has 1 amide bonds. The molecule has 11 heteroatoms. The minimum Gasteiger partial charge on any atom is -0.383 e. The van der Waals surface area contributed by atoms with Gasteiger partial charge in [0.05, 0.1) is 12.3 Å². The number of aromatic nitrogens is 5. The number of anilines is 2. The number of rotatable bonds is 7. The van der Waals surface area contributed by atoms with Gasteiger partial charge in [-0.2, -0.15) is 0 Å². The fourth-order valence-corrected chi connectivity index (χ4v) is 4.22. The highest BCUT2D eigenvalue weighted by Crippen LogP contribution is 2.22. The number of nitrogens with zero attached hydrogens (tertiary/aromatic N) is 5. The Labute approximate surface area is 199 Å². The molecule has 0 unspecified atom stereocenters. The summed E-state index contributed by atoms with van der Waals surface area (Å²) in [4.78, 5) is 41.3. The number of aromatic amines is 1. The highest BCUT2D eigenvalue weighted by Gasteiger charge is 2.22. The maximum atomic E-state index is 12.9. The number of hydrogen-bond donors (Lipinski definition) is 2. The second-order valence-corrected chi connectivity index (χ2v) is 8.57. The van der Waals surface area contributed by atoms with Gasteiger partial charge in [-0.05, 0) is 24.6 Å². The molecule has 0 spiro atoms. The molecule has 0 aliphatic carbocycles. The Hall–Kier alpha value is -4.12. The maximum absolute atomic E-state index is 12.9. The lowest BCUT2D eigenvalue weighted by atomic mass is 10.2. The van der Waals surface area contributed by atoms with Gasteiger partial charge in [0.2, 0.25) is 5.91 Å². The first kappa shape index (κ1) is 23.1. The third kappa shape index (κ3) is 4.79. The molecule has 2 heterocycles. The average Bonchev–Trinajstić information content (AvgIpc) is 3.29. The molecule has 34 heavy (non-hydrogen) atoms. The molecule has 0 bridgehead atoms. The zero-order chi connectivity index (χ0) is 24.2. The van der Waals surface area contributed by atoms with Gasteiger partial charge < -0.3 is 10.6 Å². The largest absolute Gasteiger partial charge is 0.383 e. The lowest BCUT2D eigenvalue weighted by molar-refractivity contribution is -0.115. The van der Waals surface area contributed by atoms with Gasteiger partial charge in [0.15, 0.2) is 10.8 Å². The molecule has 4 aromatic rings. The summed E-state index contributed by atoms with van der Waals surface area (Å²) in [7, 11) is 1.45. The molecule has 0 aliphatic rings. The van der Waals surface area contributed by atoms with Crippen LogP contribution >= 0.6 is 11.8 Å². The Balaban J connectivity index is 1.54. The van der Waals surface area contributed by atoms with Crippen molar-refractivity contribution in [3.05, 3.63) is 92.9 Å². The Morgan fingerprint density at radius 1 is 1.12 bits per heavy atom. The lowest BCUT2D eigenvalue weighted by Crippen LogP contribution is -2.40. The van der Waals surface area contributed by atoms with E-state index in [9.17, 15) is 14.4 Å². The summed E-state index contributed by atoms with van der Waals surface area (Å²) in [5, 5.41) is 8.57. The van der Waals surface area contributed by atoms with E-state index >= 15 is 0 Å². The highest BCUT2D eigenvalue weighted by atomic mass is 32.2. The van der Waals surface area contributed by atoms with Crippen LogP contribution < -0.4 is 21.9 Å². The molecule has 0 saturated carbocycles. The SMILES string of the molecule is Cc1ccc(-n2cnnc2SCC(=O)N(C)c2c(N)n(Cc3ccccc3)c(=O)[nH]c2=O)cc1. The third-order valence-corrected chi connectivity index (χ3v) is 6.19. The Kier molecular flexibility index (Phi) is 6.64. The van der Waals surface area contributed by atoms with Crippen LogP contribution in [0.25, 0.3) is 5.69 Å². The van der Waals surface area contributed by atoms with Crippen LogP contribution in [-0.4, -0.2) is 43.0 Å². The summed E-state index contributed by atoms with van der Waals surface area (Å²) in [6.07, 6.45) is 1.57. The quantitative estimate of drug-likeness (QED) is 0.388. The van der Waals surface area contributed by atoms with Crippen LogP contribution in [0.5, 0.6) is 0 Å². The zero-order valence-electron chi connectivity index (χ0n) is 18.6. The van der Waals surface area contributed by atoms with Crippen molar-refractivity contribution >= 4 is 29.2 Å². The molecule has 0 radical (unpaired) electrons. The zero-order valence-corrected chi connectivity index (χ0v) is 19.5. The number of carbonyl (C=O) groups excluding carboxylic acids is 1. The Morgan fingerprint density at radius 2 is 1.82 bits per heavy atom. The van der Waals surface area contributed by atoms with E-state index in [-0.39, 0.29) is 29.7 Å². The number of nitrogen functional groups attached to an aromatic ring is 1. The van der Waals surface area contributed by atoms with E-state index in [2.05, 4.69) is 15.2 Å². The van der Waals surface area contributed by atoms with E-state index in [0.29, 0.717) is 5.16 Å². The number of H-pyrrole nitrogens is 1. The van der Waals surface area contributed by atoms with Crippen LogP contribution in [0.4, 0.5) is 11.5 Å². The summed E-state index contributed by atoms with van der Waals surface area (Å²) in [5.74, 6) is -0.482. The fraction of sp³-hybridized carbons (Fsp3) is 0.174. The van der Waals surface area contributed by atoms with E-state index in [0.717, 1.165) is 21.7 Å². The van der Waals surface area contributed by atoms with E-state index in [4.69, 9.17) is 5.73 Å². The van der Waals surface area contributed by atoms with Crippen LogP contribution in [0.15, 0.2) is 75.7 Å². The summed E-state index contributed by atoms with van der Waals surface area (Å²) >= 11 is 1.18. The molecule has 0 atom stereocenters. The van der Waals surface area contributed by atoms with Crippen molar-refractivity contribution in [2.24, 2.45) is 0 Å². The molecule has 2 aromatic carbocycles. The number of carbonyl (C=O) groups is 1. The van der Waals surface area contributed by atoms with E-state index in [1.165, 1.54) is 23.4 Å². The fourth-order valence-electron chi connectivity index (χ4n) is 3.38. The first-order valence-electron chi connectivity index (χ1n) is 10.4. The number of benzene rings is 2. The van der Waals surface area contributed by atoms with Crippen LogP contribution in [0, 0.1) is 6.92 Å². The van der Waals surface area contributed by atoms with Crippen molar-refractivity contribution < 1.29 is 4.79 Å². The van der Waals surface area contributed by atoms with Crippen molar-refractivity contribution in [3.63, 3.8) is 0 Å². The minimum absolute atomic E-state index is 0.0161. The van der Waals surface area contributed by atoms with Gasteiger partial charge in [0.1, 0.15) is 12.1 Å². The van der Waals surface area contributed by atoms with Crippen molar-refractivity contribution in [1.82, 2.24) is 24.3 Å². The van der Waals surface area contributed by atoms with Crippen LogP contribution in [0.3, 0.4) is 0 Å². The van der Waals surface area contributed by atoms with E-state index in [1.807, 2.05) is 61.5 Å².